The first kappa shape index (κ1) is 18.9. The predicted octanol–water partition coefficient (Wildman–Crippen LogP) is 4.26. The van der Waals surface area contributed by atoms with E-state index < -0.39 is 10.0 Å². The van der Waals surface area contributed by atoms with Crippen LogP contribution < -0.4 is 4.72 Å². The summed E-state index contributed by atoms with van der Waals surface area (Å²) in [4.78, 5) is 14.7. The van der Waals surface area contributed by atoms with Crippen LogP contribution in [0.2, 0.25) is 0 Å². The van der Waals surface area contributed by atoms with Crippen LogP contribution in [0.15, 0.2) is 57.9 Å². The molecule has 1 heterocycles. The Morgan fingerprint density at radius 2 is 1.88 bits per heavy atom. The zero-order chi connectivity index (χ0) is 18.7. The van der Waals surface area contributed by atoms with Crippen LogP contribution in [0.3, 0.4) is 0 Å². The van der Waals surface area contributed by atoms with Crippen molar-refractivity contribution in [2.24, 2.45) is 0 Å². The summed E-state index contributed by atoms with van der Waals surface area (Å²) in [7, 11) is -3.76. The van der Waals surface area contributed by atoms with Gasteiger partial charge >= 0.3 is 0 Å². The Hall–Kier alpha value is -1.86. The predicted molar refractivity (Wildman–Crippen MR) is 106 cm³/mol. The molecule has 1 fully saturated rings. The molecule has 2 aromatic carbocycles. The van der Waals surface area contributed by atoms with Crippen molar-refractivity contribution in [2.45, 2.75) is 37.1 Å². The smallest absolute Gasteiger partial charge is 0.261 e. The van der Waals surface area contributed by atoms with Crippen LogP contribution >= 0.6 is 15.9 Å². The van der Waals surface area contributed by atoms with Crippen molar-refractivity contribution >= 4 is 37.5 Å². The minimum Gasteiger partial charge on any atom is -0.336 e. The lowest BCUT2D eigenvalue weighted by Crippen LogP contribution is -2.42. The van der Waals surface area contributed by atoms with E-state index in [1.807, 2.05) is 11.8 Å². The summed E-state index contributed by atoms with van der Waals surface area (Å²) in [6, 6.07) is 13.3. The molecule has 138 valence electrons. The number of amides is 1. The monoisotopic (exact) mass is 436 g/mol. The Balaban J connectivity index is 1.83. The highest BCUT2D eigenvalue weighted by molar-refractivity contribution is 9.10. The van der Waals surface area contributed by atoms with Gasteiger partial charge in [-0.05, 0) is 68.7 Å². The van der Waals surface area contributed by atoms with Gasteiger partial charge in [0.05, 0.1) is 4.90 Å². The van der Waals surface area contributed by atoms with Crippen molar-refractivity contribution in [3.63, 3.8) is 0 Å². The first-order valence-electron chi connectivity index (χ1n) is 8.56. The van der Waals surface area contributed by atoms with E-state index in [0.717, 1.165) is 23.7 Å². The molecule has 2 aromatic rings. The van der Waals surface area contributed by atoms with Crippen molar-refractivity contribution in [1.82, 2.24) is 4.90 Å². The first-order valence-corrected chi connectivity index (χ1v) is 10.8. The highest BCUT2D eigenvalue weighted by Crippen LogP contribution is 2.22. The molecule has 3 rings (SSSR count). The summed E-state index contributed by atoms with van der Waals surface area (Å²) < 4.78 is 28.7. The molecule has 0 aliphatic carbocycles. The summed E-state index contributed by atoms with van der Waals surface area (Å²) in [5, 5.41) is 0. The molecule has 0 bridgehead atoms. The number of piperidine rings is 1. The lowest BCUT2D eigenvalue weighted by molar-refractivity contribution is 0.0635. The maximum absolute atomic E-state index is 12.8. The lowest BCUT2D eigenvalue weighted by Gasteiger charge is -2.33. The number of nitrogens with one attached hydrogen (secondary N) is 1. The fourth-order valence-corrected chi connectivity index (χ4v) is 4.46. The molecule has 1 atom stereocenters. The second kappa shape index (κ2) is 7.80. The largest absolute Gasteiger partial charge is 0.336 e. The SMILES string of the molecule is CC1CCCCN1C(=O)c1cccc(S(=O)(=O)Nc2ccc(Br)cc2)c1. The van der Waals surface area contributed by atoms with Crippen molar-refractivity contribution in [1.29, 1.82) is 0 Å². The quantitative estimate of drug-likeness (QED) is 0.777. The number of rotatable bonds is 4. The summed E-state index contributed by atoms with van der Waals surface area (Å²) in [6.07, 6.45) is 3.09. The van der Waals surface area contributed by atoms with E-state index in [4.69, 9.17) is 0 Å². The Labute approximate surface area is 162 Å². The van der Waals surface area contributed by atoms with Gasteiger partial charge in [0, 0.05) is 28.3 Å². The van der Waals surface area contributed by atoms with Crippen LogP contribution in [0.25, 0.3) is 0 Å². The van der Waals surface area contributed by atoms with E-state index in [-0.39, 0.29) is 16.8 Å². The fourth-order valence-electron chi connectivity index (χ4n) is 3.09. The second-order valence-corrected chi connectivity index (χ2v) is 9.08. The van der Waals surface area contributed by atoms with Gasteiger partial charge in [0.1, 0.15) is 0 Å². The van der Waals surface area contributed by atoms with Crippen molar-refractivity contribution < 1.29 is 13.2 Å². The highest BCUT2D eigenvalue weighted by Gasteiger charge is 2.25. The molecule has 0 radical (unpaired) electrons. The molecule has 1 aliphatic rings. The summed E-state index contributed by atoms with van der Waals surface area (Å²) in [6.45, 7) is 2.75. The molecule has 1 aliphatic heterocycles. The van der Waals surface area contributed by atoms with Crippen LogP contribution in [0.5, 0.6) is 0 Å². The van der Waals surface area contributed by atoms with Crippen molar-refractivity contribution in [2.75, 3.05) is 11.3 Å². The Bertz CT molecular complexity index is 897. The number of sulfonamides is 1. The third-order valence-electron chi connectivity index (χ3n) is 4.55. The van der Waals surface area contributed by atoms with Crippen LogP contribution in [-0.2, 0) is 10.0 Å². The van der Waals surface area contributed by atoms with Gasteiger partial charge in [0.25, 0.3) is 15.9 Å². The van der Waals surface area contributed by atoms with E-state index in [9.17, 15) is 13.2 Å². The minimum absolute atomic E-state index is 0.0796. The zero-order valence-corrected chi connectivity index (χ0v) is 16.9. The number of anilines is 1. The van der Waals surface area contributed by atoms with Gasteiger partial charge in [-0.25, -0.2) is 8.42 Å². The number of carbonyl (C=O) groups excluding carboxylic acids is 1. The minimum atomic E-state index is -3.76. The van der Waals surface area contributed by atoms with E-state index >= 15 is 0 Å². The number of likely N-dealkylation sites (tertiary alicyclic amines) is 1. The fraction of sp³-hybridized carbons (Fsp3) is 0.316. The van der Waals surface area contributed by atoms with E-state index in [2.05, 4.69) is 20.7 Å². The van der Waals surface area contributed by atoms with Crippen LogP contribution in [0.4, 0.5) is 5.69 Å². The molecule has 0 aromatic heterocycles. The number of benzene rings is 2. The first-order chi connectivity index (χ1) is 12.4. The van der Waals surface area contributed by atoms with E-state index in [1.54, 1.807) is 36.4 Å². The van der Waals surface area contributed by atoms with Crippen LogP contribution in [-0.4, -0.2) is 31.8 Å². The van der Waals surface area contributed by atoms with Crippen LogP contribution in [0.1, 0.15) is 36.5 Å². The standard InChI is InChI=1S/C19H21BrN2O3S/c1-14-5-2-3-12-22(14)19(23)15-6-4-7-18(13-15)26(24,25)21-17-10-8-16(20)9-11-17/h4,6-11,13-14,21H,2-3,5,12H2,1H3. The zero-order valence-electron chi connectivity index (χ0n) is 14.5. The van der Waals surface area contributed by atoms with Gasteiger partial charge in [0.2, 0.25) is 0 Å². The molecule has 1 amide bonds. The maximum Gasteiger partial charge on any atom is 0.261 e. The molecule has 5 nitrogen and oxygen atoms in total. The molecule has 7 heteroatoms. The average Bonchev–Trinajstić information content (AvgIpc) is 2.63. The molecule has 26 heavy (non-hydrogen) atoms. The molecule has 1 unspecified atom stereocenters. The van der Waals surface area contributed by atoms with Gasteiger partial charge < -0.3 is 4.90 Å². The van der Waals surface area contributed by atoms with Crippen molar-refractivity contribution in [3.8, 4) is 0 Å². The number of carbonyl (C=O) groups is 1. The van der Waals surface area contributed by atoms with E-state index in [0.29, 0.717) is 17.8 Å². The Kier molecular flexibility index (Phi) is 5.67. The Morgan fingerprint density at radius 3 is 2.58 bits per heavy atom. The highest BCUT2D eigenvalue weighted by atomic mass is 79.9. The van der Waals surface area contributed by atoms with Gasteiger partial charge in [0.15, 0.2) is 0 Å². The number of nitrogens with zero attached hydrogens (tertiary/aromatic N) is 1. The van der Waals surface area contributed by atoms with Gasteiger partial charge in [-0.1, -0.05) is 22.0 Å². The third-order valence-corrected chi connectivity index (χ3v) is 6.46. The summed E-state index contributed by atoms with van der Waals surface area (Å²) in [5.41, 5.74) is 0.868. The van der Waals surface area contributed by atoms with Crippen molar-refractivity contribution in [3.05, 3.63) is 58.6 Å². The molecule has 1 saturated heterocycles. The normalized spacial score (nSPS) is 17.8. The molecule has 0 saturated carbocycles. The second-order valence-electron chi connectivity index (χ2n) is 6.48. The number of hydrogen-bond donors (Lipinski definition) is 1. The summed E-state index contributed by atoms with van der Waals surface area (Å²) >= 11 is 3.32. The van der Waals surface area contributed by atoms with Gasteiger partial charge in [-0.15, -0.1) is 0 Å². The van der Waals surface area contributed by atoms with E-state index in [1.165, 1.54) is 12.1 Å². The van der Waals surface area contributed by atoms with Gasteiger partial charge in [-0.2, -0.15) is 0 Å². The molecular formula is C19H21BrN2O3S. The van der Waals surface area contributed by atoms with Crippen LogP contribution in [0, 0.1) is 0 Å². The third kappa shape index (κ3) is 4.27. The average molecular weight is 437 g/mol. The number of hydrogen-bond acceptors (Lipinski definition) is 3. The Morgan fingerprint density at radius 1 is 1.15 bits per heavy atom. The number of halogens is 1. The molecule has 1 N–H and O–H groups in total. The van der Waals surface area contributed by atoms with Gasteiger partial charge in [-0.3, -0.25) is 9.52 Å². The summed E-state index contributed by atoms with van der Waals surface area (Å²) in [5.74, 6) is -0.113. The maximum atomic E-state index is 12.8. The molecule has 0 spiro atoms. The lowest BCUT2D eigenvalue weighted by atomic mass is 10.0. The molecular weight excluding hydrogens is 416 g/mol. The topological polar surface area (TPSA) is 66.5 Å².